The van der Waals surface area contributed by atoms with Gasteiger partial charge in [-0.05, 0) is 48.7 Å². The highest BCUT2D eigenvalue weighted by molar-refractivity contribution is 6.09. The zero-order chi connectivity index (χ0) is 21.9. The molecular weight excluding hydrogens is 392 g/mol. The average molecular weight is 413 g/mol. The third kappa shape index (κ3) is 3.72. The second-order valence-electron chi connectivity index (χ2n) is 6.56. The highest BCUT2D eigenvalue weighted by Crippen LogP contribution is 2.40. The number of hydrogen-bond donors (Lipinski definition) is 2. The van der Waals surface area contributed by atoms with Gasteiger partial charge in [0, 0.05) is 6.54 Å². The van der Waals surface area contributed by atoms with Gasteiger partial charge in [0.15, 0.2) is 11.5 Å². The Morgan fingerprint density at radius 3 is 2.50 bits per heavy atom. The average Bonchev–Trinajstić information content (AvgIpc) is 2.99. The van der Waals surface area contributed by atoms with E-state index in [-0.39, 0.29) is 17.6 Å². The fraction of sp³-hybridized carbons (Fsp3) is 0.273. The fourth-order valence-corrected chi connectivity index (χ4v) is 3.46. The maximum absolute atomic E-state index is 13.4. The van der Waals surface area contributed by atoms with E-state index in [1.165, 1.54) is 29.2 Å². The molecule has 0 radical (unpaired) electrons. The molecule has 2 atom stereocenters. The lowest BCUT2D eigenvalue weighted by Gasteiger charge is -2.27. The summed E-state index contributed by atoms with van der Waals surface area (Å²) in [6, 6.07) is 12.4. The number of nitrogens with two attached hydrogens (primary N) is 1. The van der Waals surface area contributed by atoms with Crippen molar-refractivity contribution in [3.63, 3.8) is 0 Å². The van der Waals surface area contributed by atoms with Gasteiger partial charge < -0.3 is 15.6 Å². The number of rotatable bonds is 6. The minimum Gasteiger partial charge on any atom is -0.435 e. The zero-order valence-corrected chi connectivity index (χ0v) is 16.5. The van der Waals surface area contributed by atoms with Gasteiger partial charge in [-0.2, -0.15) is 8.78 Å². The molecule has 6 nitrogen and oxygen atoms in total. The fourth-order valence-electron chi connectivity index (χ4n) is 3.46. The van der Waals surface area contributed by atoms with Gasteiger partial charge in [0.05, 0.1) is 0 Å². The van der Waals surface area contributed by atoms with E-state index in [1.54, 1.807) is 38.1 Å². The first kappa shape index (κ1) is 21.3. The number of benzene rings is 2. The quantitative estimate of drug-likeness (QED) is 0.713. The lowest BCUT2D eigenvalue weighted by Crippen LogP contribution is -2.43. The van der Waals surface area contributed by atoms with Crippen LogP contribution in [0.1, 0.15) is 36.6 Å². The molecule has 30 heavy (non-hydrogen) atoms. The highest BCUT2D eigenvalue weighted by atomic mass is 19.3. The second-order valence-corrected chi connectivity index (χ2v) is 6.56. The first-order valence-electron chi connectivity index (χ1n) is 9.27. The highest BCUT2D eigenvalue weighted by Gasteiger charge is 2.50. The van der Waals surface area contributed by atoms with Gasteiger partial charge >= 0.3 is 6.61 Å². The van der Waals surface area contributed by atoms with E-state index in [9.17, 15) is 18.7 Å². The van der Waals surface area contributed by atoms with E-state index in [4.69, 9.17) is 5.73 Å². The molecule has 0 spiro atoms. The Morgan fingerprint density at radius 1 is 1.23 bits per heavy atom. The third-order valence-corrected chi connectivity index (χ3v) is 4.83. The predicted molar refractivity (Wildman–Crippen MR) is 108 cm³/mol. The van der Waals surface area contributed by atoms with E-state index in [1.807, 2.05) is 0 Å². The molecule has 0 fully saturated rings. The van der Waals surface area contributed by atoms with Crippen molar-refractivity contribution >= 4 is 11.9 Å². The van der Waals surface area contributed by atoms with Crippen molar-refractivity contribution in [2.75, 3.05) is 6.54 Å². The van der Waals surface area contributed by atoms with Crippen LogP contribution < -0.4 is 10.5 Å². The lowest BCUT2D eigenvalue weighted by molar-refractivity contribution is -0.130. The largest absolute Gasteiger partial charge is 0.435 e. The second kappa shape index (κ2) is 8.51. The molecule has 1 aliphatic rings. The van der Waals surface area contributed by atoms with Crippen LogP contribution in [0.2, 0.25) is 0 Å². The molecule has 0 saturated carbocycles. The van der Waals surface area contributed by atoms with Crippen LogP contribution in [-0.2, 0) is 10.3 Å². The first-order valence-corrected chi connectivity index (χ1v) is 9.27. The molecule has 0 bridgehead atoms. The smallest absolute Gasteiger partial charge is 0.387 e. The zero-order valence-electron chi connectivity index (χ0n) is 16.5. The van der Waals surface area contributed by atoms with Gasteiger partial charge in [-0.3, -0.25) is 9.69 Å². The Bertz CT molecular complexity index is 1030. The minimum absolute atomic E-state index is 0.0407. The maximum Gasteiger partial charge on any atom is 0.387 e. The summed E-state index contributed by atoms with van der Waals surface area (Å²) in [5, 5.41) is 10.3. The Morgan fingerprint density at radius 2 is 1.93 bits per heavy atom. The number of hydrogen-bond acceptors (Lipinski definition) is 5. The normalized spacial score (nSPS) is 19.3. The van der Waals surface area contributed by atoms with Gasteiger partial charge in [0.25, 0.3) is 5.91 Å². The van der Waals surface area contributed by atoms with Crippen LogP contribution in [0.15, 0.2) is 53.5 Å². The van der Waals surface area contributed by atoms with Gasteiger partial charge in [0.2, 0.25) is 0 Å². The molecule has 2 unspecified atom stereocenters. The summed E-state index contributed by atoms with van der Waals surface area (Å²) in [5.74, 6) is 4.94. The molecule has 1 heterocycles. The number of guanidine groups is 1. The number of carbonyl (C=O) groups is 1. The monoisotopic (exact) mass is 413 g/mol. The summed E-state index contributed by atoms with van der Waals surface area (Å²) in [4.78, 5) is 19.3. The Hall–Kier alpha value is -3.44. The summed E-state index contributed by atoms with van der Waals surface area (Å²) in [6.07, 6.45) is -1.03. The van der Waals surface area contributed by atoms with E-state index < -0.39 is 18.3 Å². The molecule has 8 heteroatoms. The van der Waals surface area contributed by atoms with Crippen LogP contribution in [0.25, 0.3) is 0 Å². The summed E-state index contributed by atoms with van der Waals surface area (Å²) < 4.78 is 29.4. The molecule has 2 aromatic carbocycles. The Kier molecular flexibility index (Phi) is 6.04. The molecule has 0 saturated heterocycles. The van der Waals surface area contributed by atoms with Crippen molar-refractivity contribution in [3.8, 4) is 17.6 Å². The van der Waals surface area contributed by atoms with Crippen LogP contribution in [0.3, 0.4) is 0 Å². The van der Waals surface area contributed by atoms with Crippen molar-refractivity contribution in [2.24, 2.45) is 10.7 Å². The Labute approximate surface area is 173 Å². The van der Waals surface area contributed by atoms with E-state index in [0.717, 1.165) is 0 Å². The van der Waals surface area contributed by atoms with Crippen LogP contribution in [0.4, 0.5) is 8.78 Å². The Balaban J connectivity index is 2.17. The van der Waals surface area contributed by atoms with Crippen LogP contribution in [0, 0.1) is 11.8 Å². The molecule has 2 aromatic rings. The van der Waals surface area contributed by atoms with Crippen LogP contribution in [-0.4, -0.2) is 35.0 Å². The van der Waals surface area contributed by atoms with E-state index >= 15 is 0 Å². The van der Waals surface area contributed by atoms with Crippen LogP contribution >= 0.6 is 0 Å². The van der Waals surface area contributed by atoms with Gasteiger partial charge in [-0.1, -0.05) is 36.3 Å². The minimum atomic E-state index is -2.96. The molecular formula is C22H21F2N3O3. The molecule has 3 rings (SSSR count). The van der Waals surface area contributed by atoms with Gasteiger partial charge in [0.1, 0.15) is 11.9 Å². The molecule has 1 amide bonds. The van der Waals surface area contributed by atoms with Crippen molar-refractivity contribution in [1.29, 1.82) is 0 Å². The number of aliphatic hydroxyl groups excluding tert-OH is 1. The number of halogens is 2. The molecule has 3 N–H and O–H groups in total. The van der Waals surface area contributed by atoms with Crippen molar-refractivity contribution in [1.82, 2.24) is 4.90 Å². The number of alkyl halides is 2. The number of aliphatic imine (C=N–C) groups is 1. The maximum atomic E-state index is 13.4. The number of carbonyl (C=O) groups excluding carboxylic acids is 1. The number of amides is 1. The number of likely N-dealkylation sites (N-methyl/N-ethyl adjacent to an activating group) is 1. The van der Waals surface area contributed by atoms with Crippen molar-refractivity contribution in [2.45, 2.75) is 32.1 Å². The topological polar surface area (TPSA) is 88.2 Å². The summed E-state index contributed by atoms with van der Waals surface area (Å²) >= 11 is 0. The van der Waals surface area contributed by atoms with E-state index in [0.29, 0.717) is 23.2 Å². The molecule has 1 aliphatic heterocycles. The number of ether oxygens (including phenoxy) is 1. The van der Waals surface area contributed by atoms with E-state index in [2.05, 4.69) is 21.6 Å². The molecule has 0 aliphatic carbocycles. The van der Waals surface area contributed by atoms with Crippen LogP contribution in [0.5, 0.6) is 5.75 Å². The van der Waals surface area contributed by atoms with Gasteiger partial charge in [-0.15, -0.1) is 5.92 Å². The first-order chi connectivity index (χ1) is 14.3. The standard InChI is InChI=1S/C22H21F2N3O3/c1-3-6-18(28)14-7-5-8-16(13-14)22(19(29)27(4-2)21(25)26-22)15-9-11-17(12-10-15)30-20(23)24/h5,7-13,18,20,28H,4H2,1-2H3,(H2,25,26). The third-order valence-electron chi connectivity index (χ3n) is 4.83. The summed E-state index contributed by atoms with van der Waals surface area (Å²) in [6.45, 7) is 0.737. The SMILES string of the molecule is CC#CC(O)c1cccc(C2(c3ccc(OC(F)F)cc3)N=C(N)N(CC)C2=O)c1. The van der Waals surface area contributed by atoms with Gasteiger partial charge in [-0.25, -0.2) is 4.99 Å². The lowest BCUT2D eigenvalue weighted by atomic mass is 9.81. The van der Waals surface area contributed by atoms with Crippen molar-refractivity contribution < 1.29 is 23.4 Å². The summed E-state index contributed by atoms with van der Waals surface area (Å²) in [7, 11) is 0. The molecule has 0 aromatic heterocycles. The summed E-state index contributed by atoms with van der Waals surface area (Å²) in [5.41, 5.74) is 5.92. The number of aliphatic hydroxyl groups is 1. The predicted octanol–water partition coefficient (Wildman–Crippen LogP) is 2.77. The molecule has 156 valence electrons. The number of nitrogens with zero attached hydrogens (tertiary/aromatic N) is 2. The van der Waals surface area contributed by atoms with Crippen molar-refractivity contribution in [3.05, 3.63) is 65.2 Å².